The molecular formula is C13H24N4O. The zero-order valence-electron chi connectivity index (χ0n) is 11.5. The van der Waals surface area contributed by atoms with Crippen LogP contribution in [-0.2, 0) is 11.3 Å². The standard InChI is InChI=1S/C13H24N4O/c1-11(2)9-17(6-7-18-3)10-13-8-12(16-14)4-5-15-13/h4-5,8,11H,6-7,9-10,14H2,1-3H3,(H,15,16). The first-order chi connectivity index (χ1) is 8.65. The van der Waals surface area contributed by atoms with Crippen LogP contribution in [0.5, 0.6) is 0 Å². The molecule has 1 aromatic heterocycles. The number of hydrogen-bond acceptors (Lipinski definition) is 5. The summed E-state index contributed by atoms with van der Waals surface area (Å²) < 4.78 is 5.14. The van der Waals surface area contributed by atoms with Crippen molar-refractivity contribution in [1.82, 2.24) is 9.88 Å². The maximum atomic E-state index is 5.40. The monoisotopic (exact) mass is 252 g/mol. The summed E-state index contributed by atoms with van der Waals surface area (Å²) in [6, 6.07) is 3.82. The van der Waals surface area contributed by atoms with Crippen molar-refractivity contribution < 1.29 is 4.74 Å². The number of hydrazine groups is 1. The highest BCUT2D eigenvalue weighted by atomic mass is 16.5. The number of nitrogens with two attached hydrogens (primary N) is 1. The van der Waals surface area contributed by atoms with E-state index in [4.69, 9.17) is 10.6 Å². The van der Waals surface area contributed by atoms with Gasteiger partial charge >= 0.3 is 0 Å². The molecule has 0 saturated carbocycles. The number of methoxy groups -OCH3 is 1. The van der Waals surface area contributed by atoms with Gasteiger partial charge in [-0.05, 0) is 18.1 Å². The molecule has 0 atom stereocenters. The van der Waals surface area contributed by atoms with Gasteiger partial charge in [0, 0.05) is 32.9 Å². The zero-order valence-corrected chi connectivity index (χ0v) is 11.5. The molecule has 1 rings (SSSR count). The number of anilines is 1. The molecule has 0 aliphatic heterocycles. The molecule has 18 heavy (non-hydrogen) atoms. The fourth-order valence-corrected chi connectivity index (χ4v) is 1.86. The average Bonchev–Trinajstić information content (AvgIpc) is 2.35. The minimum Gasteiger partial charge on any atom is -0.383 e. The third-order valence-corrected chi connectivity index (χ3v) is 2.60. The van der Waals surface area contributed by atoms with E-state index < -0.39 is 0 Å². The van der Waals surface area contributed by atoms with Gasteiger partial charge in [-0.1, -0.05) is 13.8 Å². The van der Waals surface area contributed by atoms with Crippen molar-refractivity contribution in [3.8, 4) is 0 Å². The highest BCUT2D eigenvalue weighted by Gasteiger charge is 2.09. The summed E-state index contributed by atoms with van der Waals surface area (Å²) in [4.78, 5) is 6.71. The van der Waals surface area contributed by atoms with Crippen LogP contribution < -0.4 is 11.3 Å². The molecule has 0 aromatic carbocycles. The van der Waals surface area contributed by atoms with Gasteiger partial charge < -0.3 is 10.2 Å². The maximum Gasteiger partial charge on any atom is 0.0589 e. The van der Waals surface area contributed by atoms with Crippen LogP contribution in [0.4, 0.5) is 5.69 Å². The van der Waals surface area contributed by atoms with Crippen LogP contribution in [0.2, 0.25) is 0 Å². The SMILES string of the molecule is COCCN(Cc1cc(NN)ccn1)CC(C)C. The molecule has 0 fully saturated rings. The zero-order chi connectivity index (χ0) is 13.4. The molecule has 5 nitrogen and oxygen atoms in total. The molecule has 0 amide bonds. The van der Waals surface area contributed by atoms with E-state index in [1.165, 1.54) is 0 Å². The van der Waals surface area contributed by atoms with Crippen LogP contribution in [-0.4, -0.2) is 36.7 Å². The second-order valence-corrected chi connectivity index (χ2v) is 4.80. The number of rotatable bonds is 8. The maximum absolute atomic E-state index is 5.40. The third kappa shape index (κ3) is 5.44. The molecule has 0 radical (unpaired) electrons. The summed E-state index contributed by atoms with van der Waals surface area (Å²) in [6.07, 6.45) is 1.77. The first kappa shape index (κ1) is 14.9. The predicted molar refractivity (Wildman–Crippen MR) is 74.0 cm³/mol. The van der Waals surface area contributed by atoms with Gasteiger partial charge in [-0.3, -0.25) is 15.7 Å². The van der Waals surface area contributed by atoms with Gasteiger partial charge in [0.1, 0.15) is 0 Å². The molecule has 5 heteroatoms. The van der Waals surface area contributed by atoms with E-state index >= 15 is 0 Å². The van der Waals surface area contributed by atoms with Crippen molar-refractivity contribution in [3.63, 3.8) is 0 Å². The Balaban J connectivity index is 2.62. The number of nitrogens with one attached hydrogen (secondary N) is 1. The molecule has 0 unspecified atom stereocenters. The highest BCUT2D eigenvalue weighted by Crippen LogP contribution is 2.10. The molecule has 102 valence electrons. The molecule has 0 spiro atoms. The van der Waals surface area contributed by atoms with Gasteiger partial charge in [-0.15, -0.1) is 0 Å². The van der Waals surface area contributed by atoms with Crippen molar-refractivity contribution >= 4 is 5.69 Å². The fraction of sp³-hybridized carbons (Fsp3) is 0.615. The lowest BCUT2D eigenvalue weighted by Gasteiger charge is -2.23. The number of nitrogens with zero attached hydrogens (tertiary/aromatic N) is 2. The van der Waals surface area contributed by atoms with Crippen LogP contribution in [0.15, 0.2) is 18.3 Å². The summed E-state index contributed by atoms with van der Waals surface area (Å²) in [5.74, 6) is 6.02. The van der Waals surface area contributed by atoms with Crippen molar-refractivity contribution in [2.45, 2.75) is 20.4 Å². The topological polar surface area (TPSA) is 63.4 Å². The smallest absolute Gasteiger partial charge is 0.0589 e. The second kappa shape index (κ2) is 8.02. The average molecular weight is 252 g/mol. The van der Waals surface area contributed by atoms with Crippen LogP contribution >= 0.6 is 0 Å². The van der Waals surface area contributed by atoms with E-state index in [0.717, 1.165) is 37.6 Å². The Hall–Kier alpha value is -1.17. The Labute approximate surface area is 109 Å². The van der Waals surface area contributed by atoms with E-state index in [9.17, 15) is 0 Å². The Kier molecular flexibility index (Phi) is 6.64. The Morgan fingerprint density at radius 3 is 2.89 bits per heavy atom. The van der Waals surface area contributed by atoms with Crippen molar-refractivity contribution in [2.24, 2.45) is 11.8 Å². The first-order valence-electron chi connectivity index (χ1n) is 6.28. The van der Waals surface area contributed by atoms with E-state index in [1.54, 1.807) is 13.3 Å². The largest absolute Gasteiger partial charge is 0.383 e. The van der Waals surface area contributed by atoms with Gasteiger partial charge in [0.2, 0.25) is 0 Å². The summed E-state index contributed by atoms with van der Waals surface area (Å²) >= 11 is 0. The lowest BCUT2D eigenvalue weighted by atomic mass is 10.2. The van der Waals surface area contributed by atoms with Crippen LogP contribution in [0.25, 0.3) is 0 Å². The molecule has 0 aliphatic carbocycles. The molecular weight excluding hydrogens is 228 g/mol. The summed E-state index contributed by atoms with van der Waals surface area (Å²) in [5.41, 5.74) is 4.54. The first-order valence-corrected chi connectivity index (χ1v) is 6.28. The quantitative estimate of drug-likeness (QED) is 0.542. The van der Waals surface area contributed by atoms with Crippen molar-refractivity contribution in [3.05, 3.63) is 24.0 Å². The summed E-state index contributed by atoms with van der Waals surface area (Å²) in [7, 11) is 1.73. The number of aromatic nitrogens is 1. The van der Waals surface area contributed by atoms with Crippen LogP contribution in [0.3, 0.4) is 0 Å². The molecule has 0 bridgehead atoms. The minimum atomic E-state index is 0.623. The van der Waals surface area contributed by atoms with E-state index in [1.807, 2.05) is 12.1 Å². The van der Waals surface area contributed by atoms with Crippen molar-refractivity contribution in [1.29, 1.82) is 0 Å². The molecule has 0 saturated heterocycles. The number of ether oxygens (including phenoxy) is 1. The normalized spacial score (nSPS) is 11.2. The summed E-state index contributed by atoms with van der Waals surface area (Å²) in [6.45, 7) is 7.93. The van der Waals surface area contributed by atoms with Crippen LogP contribution in [0.1, 0.15) is 19.5 Å². The fourth-order valence-electron chi connectivity index (χ4n) is 1.86. The second-order valence-electron chi connectivity index (χ2n) is 4.80. The number of pyridine rings is 1. The van der Waals surface area contributed by atoms with Gasteiger partial charge in [0.15, 0.2) is 0 Å². The van der Waals surface area contributed by atoms with Crippen molar-refractivity contribution in [2.75, 3.05) is 32.2 Å². The minimum absolute atomic E-state index is 0.623. The third-order valence-electron chi connectivity index (χ3n) is 2.60. The Morgan fingerprint density at radius 1 is 1.50 bits per heavy atom. The van der Waals surface area contributed by atoms with Gasteiger partial charge in [0.05, 0.1) is 18.0 Å². The summed E-state index contributed by atoms with van der Waals surface area (Å²) in [5, 5.41) is 0. The Bertz CT molecular complexity index is 344. The number of hydrogen-bond donors (Lipinski definition) is 2. The highest BCUT2D eigenvalue weighted by molar-refractivity contribution is 5.41. The van der Waals surface area contributed by atoms with E-state index in [2.05, 4.69) is 29.2 Å². The molecule has 3 N–H and O–H groups in total. The predicted octanol–water partition coefficient (Wildman–Crippen LogP) is 1.47. The van der Waals surface area contributed by atoms with Gasteiger partial charge in [-0.25, -0.2) is 0 Å². The van der Waals surface area contributed by atoms with Gasteiger partial charge in [-0.2, -0.15) is 0 Å². The lowest BCUT2D eigenvalue weighted by molar-refractivity contribution is 0.135. The van der Waals surface area contributed by atoms with Gasteiger partial charge in [0.25, 0.3) is 0 Å². The molecule has 0 aliphatic rings. The number of nitrogen functional groups attached to an aromatic ring is 1. The Morgan fingerprint density at radius 2 is 2.28 bits per heavy atom. The lowest BCUT2D eigenvalue weighted by Crippen LogP contribution is -2.31. The van der Waals surface area contributed by atoms with E-state index in [-0.39, 0.29) is 0 Å². The molecule has 1 aromatic rings. The molecule has 1 heterocycles. The van der Waals surface area contributed by atoms with E-state index in [0.29, 0.717) is 5.92 Å². The van der Waals surface area contributed by atoms with Crippen LogP contribution in [0, 0.1) is 5.92 Å².